The van der Waals surface area contributed by atoms with E-state index in [1.165, 1.54) is 0 Å². The average Bonchev–Trinajstić information content (AvgIpc) is 1.41. The first-order chi connectivity index (χ1) is 6.00. The van der Waals surface area contributed by atoms with Crippen molar-refractivity contribution in [1.29, 1.82) is 0 Å². The molecule has 0 bridgehead atoms. The van der Waals surface area contributed by atoms with E-state index < -0.39 is 21.8 Å². The van der Waals surface area contributed by atoms with Crippen LogP contribution in [-0.4, -0.2) is 21.8 Å². The van der Waals surface area contributed by atoms with Gasteiger partial charge in [-0.05, 0) is 0 Å². The maximum atomic E-state index is 9.75. The first-order valence-electron chi connectivity index (χ1n) is 2.62. The first-order valence-corrected chi connectivity index (χ1v) is 2.62. The molecule has 0 radical (unpaired) electrons. The molecule has 0 heterocycles. The molecule has 0 fully saturated rings. The molecule has 0 spiro atoms. The Kier molecular flexibility index (Phi) is 37.2. The number of rotatable bonds is 0. The molecule has 0 aromatic heterocycles. The van der Waals surface area contributed by atoms with Crippen LogP contribution in [0.25, 0.3) is 0 Å². The molecule has 0 saturated carbocycles. The van der Waals surface area contributed by atoms with Crippen LogP contribution >= 0.6 is 0 Å². The molecule has 18 heteroatoms. The van der Waals surface area contributed by atoms with Gasteiger partial charge in [-0.25, -0.2) is 0 Å². The van der Waals surface area contributed by atoms with Gasteiger partial charge in [0, 0.05) is 0 Å². The van der Waals surface area contributed by atoms with Crippen molar-refractivity contribution in [1.82, 2.24) is 0 Å². The van der Waals surface area contributed by atoms with E-state index in [0.717, 1.165) is 0 Å². The van der Waals surface area contributed by atoms with Crippen molar-refractivity contribution >= 4 is 21.8 Å². The SMILES string of the molecule is F[B-](F)(F)F.F[B-](F)(F)F.F[B-](F)(F)F.[K+].[K+].[K+]. The van der Waals surface area contributed by atoms with E-state index >= 15 is 0 Å². The summed E-state index contributed by atoms with van der Waals surface area (Å²) in [7, 11) is -18.0. The maximum absolute atomic E-state index is 9.75. The van der Waals surface area contributed by atoms with Crippen molar-refractivity contribution in [3.05, 3.63) is 0 Å². The van der Waals surface area contributed by atoms with Gasteiger partial charge < -0.3 is 51.8 Å². The molecule has 0 amide bonds. The molecule has 0 nitrogen and oxygen atoms in total. The molecule has 18 heavy (non-hydrogen) atoms. The van der Waals surface area contributed by atoms with Gasteiger partial charge in [0.25, 0.3) is 0 Å². The minimum Gasteiger partial charge on any atom is -0.418 e. The normalized spacial score (nSPS) is 10.0. The fourth-order valence-electron chi connectivity index (χ4n) is 0. The van der Waals surface area contributed by atoms with E-state index in [2.05, 4.69) is 0 Å². The summed E-state index contributed by atoms with van der Waals surface area (Å²) in [6.45, 7) is 0. The van der Waals surface area contributed by atoms with Gasteiger partial charge in [0.2, 0.25) is 0 Å². The van der Waals surface area contributed by atoms with Crippen molar-refractivity contribution < 1.29 is 206 Å². The Morgan fingerprint density at radius 3 is 0.278 bits per heavy atom. The third kappa shape index (κ3) is 414. The Bertz CT molecular complexity index is 97.6. The fourth-order valence-corrected chi connectivity index (χ4v) is 0. The van der Waals surface area contributed by atoms with E-state index in [1.807, 2.05) is 0 Å². The average molecular weight is 378 g/mol. The minimum atomic E-state index is -6.00. The largest absolute Gasteiger partial charge is 1.00 e. The van der Waals surface area contributed by atoms with Crippen molar-refractivity contribution in [2.45, 2.75) is 0 Å². The molecule has 0 rings (SSSR count). The van der Waals surface area contributed by atoms with Crippen LogP contribution in [0.2, 0.25) is 0 Å². The number of hydrogen-bond acceptors (Lipinski definition) is 0. The van der Waals surface area contributed by atoms with Crippen molar-refractivity contribution in [2.24, 2.45) is 0 Å². The van der Waals surface area contributed by atoms with E-state index in [0.29, 0.717) is 0 Å². The van der Waals surface area contributed by atoms with Gasteiger partial charge in [-0.15, -0.1) is 0 Å². The Balaban J connectivity index is -0.0000000277. The first kappa shape index (κ1) is 38.1. The molecule has 0 aliphatic heterocycles. The molecule has 96 valence electrons. The Labute approximate surface area is 222 Å². The van der Waals surface area contributed by atoms with E-state index in [1.54, 1.807) is 0 Å². The van der Waals surface area contributed by atoms with Crippen molar-refractivity contribution in [3.8, 4) is 0 Å². The molecule has 0 aromatic rings. The zero-order valence-corrected chi connectivity index (χ0v) is 18.6. The van der Waals surface area contributed by atoms with E-state index in [-0.39, 0.29) is 154 Å². The predicted octanol–water partition coefficient (Wildman–Crippen LogP) is -5.09. The molecule has 0 atom stereocenters. The topological polar surface area (TPSA) is 0 Å². The van der Waals surface area contributed by atoms with Crippen LogP contribution in [0.15, 0.2) is 0 Å². The fraction of sp³-hybridized carbons (Fsp3) is 0. The molecule has 0 aromatic carbocycles. The summed E-state index contributed by atoms with van der Waals surface area (Å²) in [6, 6.07) is 0. The van der Waals surface area contributed by atoms with Crippen LogP contribution in [0.3, 0.4) is 0 Å². The molecule has 0 N–H and O–H groups in total. The van der Waals surface area contributed by atoms with Crippen LogP contribution in [0.4, 0.5) is 51.8 Å². The summed E-state index contributed by atoms with van der Waals surface area (Å²) in [5, 5.41) is 0. The van der Waals surface area contributed by atoms with Gasteiger partial charge in [0.05, 0.1) is 0 Å². The summed E-state index contributed by atoms with van der Waals surface area (Å²) in [5.74, 6) is 0. The number of hydrogen-bond donors (Lipinski definition) is 0. The summed E-state index contributed by atoms with van der Waals surface area (Å²) >= 11 is 0. The van der Waals surface area contributed by atoms with Crippen LogP contribution in [-0.2, 0) is 0 Å². The Morgan fingerprint density at radius 1 is 0.278 bits per heavy atom. The summed E-state index contributed by atoms with van der Waals surface area (Å²) < 4.78 is 117. The molecule has 0 unspecified atom stereocenters. The van der Waals surface area contributed by atoms with Crippen LogP contribution in [0, 0.1) is 0 Å². The zero-order valence-electron chi connectivity index (χ0n) is 9.27. The van der Waals surface area contributed by atoms with Gasteiger partial charge >= 0.3 is 176 Å². The molecular formula is B3F12K3. The van der Waals surface area contributed by atoms with Crippen LogP contribution in [0.5, 0.6) is 0 Å². The molecule has 0 aliphatic rings. The van der Waals surface area contributed by atoms with Gasteiger partial charge in [-0.1, -0.05) is 0 Å². The Hall–Kier alpha value is 4.26. The molecule has 0 saturated heterocycles. The van der Waals surface area contributed by atoms with E-state index in [9.17, 15) is 51.8 Å². The van der Waals surface area contributed by atoms with Gasteiger partial charge in [0.15, 0.2) is 0 Å². The summed E-state index contributed by atoms with van der Waals surface area (Å²) in [6.07, 6.45) is 0. The van der Waals surface area contributed by atoms with Gasteiger partial charge in [-0.3, -0.25) is 0 Å². The Morgan fingerprint density at radius 2 is 0.278 bits per heavy atom. The standard InChI is InChI=1S/3BF4.3K/c3*2-1(3,4)5;;;/q3*-1;3*+1. The second kappa shape index (κ2) is 17.6. The predicted molar refractivity (Wildman–Crippen MR) is 30.6 cm³/mol. The molecular weight excluding hydrogens is 378 g/mol. The summed E-state index contributed by atoms with van der Waals surface area (Å²) in [5.41, 5.74) is 0. The second-order valence-electron chi connectivity index (χ2n) is 1.48. The quantitative estimate of drug-likeness (QED) is 0.293. The zero-order chi connectivity index (χ0) is 13.5. The van der Waals surface area contributed by atoms with Gasteiger partial charge in [-0.2, -0.15) is 0 Å². The van der Waals surface area contributed by atoms with Crippen LogP contribution in [0.1, 0.15) is 0 Å². The third-order valence-electron chi connectivity index (χ3n) is 0. The number of halogens is 12. The minimum absolute atomic E-state index is 0. The van der Waals surface area contributed by atoms with Crippen molar-refractivity contribution in [2.75, 3.05) is 0 Å². The maximum Gasteiger partial charge on any atom is 1.00 e. The van der Waals surface area contributed by atoms with Crippen LogP contribution < -0.4 is 154 Å². The third-order valence-corrected chi connectivity index (χ3v) is 0. The molecule has 0 aliphatic carbocycles. The van der Waals surface area contributed by atoms with E-state index in [4.69, 9.17) is 0 Å². The monoisotopic (exact) mass is 378 g/mol. The smallest absolute Gasteiger partial charge is 0.418 e. The summed E-state index contributed by atoms with van der Waals surface area (Å²) in [4.78, 5) is 0. The second-order valence-corrected chi connectivity index (χ2v) is 1.48. The van der Waals surface area contributed by atoms with Crippen molar-refractivity contribution in [3.63, 3.8) is 0 Å². The van der Waals surface area contributed by atoms with Gasteiger partial charge in [0.1, 0.15) is 0 Å².